The van der Waals surface area contributed by atoms with Crippen LogP contribution in [0.5, 0.6) is 0 Å². The van der Waals surface area contributed by atoms with Crippen LogP contribution in [0.4, 0.5) is 0 Å². The molecule has 1 unspecified atom stereocenters. The molecule has 1 saturated carbocycles. The number of hydrogen-bond donors (Lipinski definition) is 3. The zero-order valence-electron chi connectivity index (χ0n) is 14.0. The van der Waals surface area contributed by atoms with E-state index in [0.717, 1.165) is 18.8 Å². The maximum Gasteiger partial charge on any atom is 0.0445 e. The largest absolute Gasteiger partial charge is 0.396 e. The summed E-state index contributed by atoms with van der Waals surface area (Å²) in [6.07, 6.45) is 8.07. The van der Waals surface area contributed by atoms with Crippen molar-refractivity contribution in [2.45, 2.75) is 84.2 Å². The molecule has 0 amide bonds. The van der Waals surface area contributed by atoms with Crippen molar-refractivity contribution in [3.63, 3.8) is 0 Å². The predicted molar refractivity (Wildman–Crippen MR) is 86.7 cm³/mol. The minimum Gasteiger partial charge on any atom is -0.396 e. The van der Waals surface area contributed by atoms with Crippen molar-refractivity contribution >= 4 is 0 Å². The summed E-state index contributed by atoms with van der Waals surface area (Å²) in [7, 11) is 0. The topological polar surface area (TPSA) is 58.3 Å². The van der Waals surface area contributed by atoms with Gasteiger partial charge in [0, 0.05) is 24.7 Å². The lowest BCUT2D eigenvalue weighted by Gasteiger charge is -2.46. The van der Waals surface area contributed by atoms with Gasteiger partial charge in [-0.05, 0) is 49.9 Å². The van der Waals surface area contributed by atoms with E-state index >= 15 is 0 Å². The average molecular weight is 284 g/mol. The lowest BCUT2D eigenvalue weighted by atomic mass is 9.65. The minimum atomic E-state index is 0.107. The fourth-order valence-electron chi connectivity index (χ4n) is 3.62. The van der Waals surface area contributed by atoms with Gasteiger partial charge in [0.25, 0.3) is 0 Å². The Morgan fingerprint density at radius 2 is 1.90 bits per heavy atom. The molecule has 0 aliphatic heterocycles. The first kappa shape index (κ1) is 17.9. The predicted octanol–water partition coefficient (Wildman–Crippen LogP) is 3.06. The van der Waals surface area contributed by atoms with Gasteiger partial charge >= 0.3 is 0 Å². The van der Waals surface area contributed by atoms with Crippen LogP contribution in [-0.2, 0) is 0 Å². The third-order valence-corrected chi connectivity index (χ3v) is 5.83. The van der Waals surface area contributed by atoms with Crippen molar-refractivity contribution in [1.29, 1.82) is 0 Å². The molecule has 1 aliphatic rings. The van der Waals surface area contributed by atoms with Crippen LogP contribution in [0.3, 0.4) is 0 Å². The maximum absolute atomic E-state index is 9.16. The number of nitrogens with one attached hydrogen (secondary N) is 1. The molecule has 0 radical (unpaired) electrons. The third-order valence-electron chi connectivity index (χ3n) is 5.83. The smallest absolute Gasteiger partial charge is 0.0445 e. The SMILES string of the molecule is CCC(CCO)NC1(CN)CCC(C(C)(C)CC)CC1. The van der Waals surface area contributed by atoms with E-state index < -0.39 is 0 Å². The molecule has 1 fully saturated rings. The lowest BCUT2D eigenvalue weighted by Crippen LogP contribution is -2.57. The van der Waals surface area contributed by atoms with Crippen molar-refractivity contribution in [2.75, 3.05) is 13.2 Å². The second kappa shape index (κ2) is 7.77. The summed E-state index contributed by atoms with van der Waals surface area (Å²) >= 11 is 0. The van der Waals surface area contributed by atoms with Crippen LogP contribution >= 0.6 is 0 Å². The Balaban J connectivity index is 2.61. The van der Waals surface area contributed by atoms with Crippen LogP contribution in [0.25, 0.3) is 0 Å². The molecule has 0 aromatic rings. The number of rotatable bonds is 8. The molecule has 0 spiro atoms. The first-order valence-electron chi connectivity index (χ1n) is 8.51. The molecule has 120 valence electrons. The van der Waals surface area contributed by atoms with E-state index in [4.69, 9.17) is 10.8 Å². The van der Waals surface area contributed by atoms with Gasteiger partial charge in [0.1, 0.15) is 0 Å². The van der Waals surface area contributed by atoms with Crippen molar-refractivity contribution in [3.8, 4) is 0 Å². The second-order valence-corrected chi connectivity index (χ2v) is 7.36. The molecule has 4 N–H and O–H groups in total. The van der Waals surface area contributed by atoms with E-state index in [0.29, 0.717) is 18.0 Å². The normalized spacial score (nSPS) is 29.4. The monoisotopic (exact) mass is 284 g/mol. The van der Waals surface area contributed by atoms with Crippen molar-refractivity contribution in [3.05, 3.63) is 0 Å². The van der Waals surface area contributed by atoms with E-state index in [9.17, 15) is 0 Å². The first-order chi connectivity index (χ1) is 9.43. The molecule has 3 heteroatoms. The molecule has 0 aromatic heterocycles. The highest BCUT2D eigenvalue weighted by Crippen LogP contribution is 2.43. The molecule has 0 bridgehead atoms. The molecule has 0 heterocycles. The summed E-state index contributed by atoms with van der Waals surface area (Å²) in [5.74, 6) is 0.826. The van der Waals surface area contributed by atoms with E-state index in [1.165, 1.54) is 32.1 Å². The molecular formula is C17H36N2O. The summed E-state index contributed by atoms with van der Waals surface area (Å²) in [4.78, 5) is 0. The van der Waals surface area contributed by atoms with E-state index in [1.807, 2.05) is 0 Å². The Morgan fingerprint density at radius 1 is 1.30 bits per heavy atom. The standard InChI is InChI=1S/C17H36N2O/c1-5-15(9-12-20)19-17(13-18)10-7-14(8-11-17)16(3,4)6-2/h14-15,19-20H,5-13,18H2,1-4H3. The van der Waals surface area contributed by atoms with E-state index in [1.54, 1.807) is 0 Å². The summed E-state index contributed by atoms with van der Waals surface area (Å²) < 4.78 is 0. The van der Waals surface area contributed by atoms with Crippen molar-refractivity contribution in [1.82, 2.24) is 5.32 Å². The Labute approximate surface area is 125 Å². The van der Waals surface area contributed by atoms with Crippen molar-refractivity contribution < 1.29 is 5.11 Å². The Morgan fingerprint density at radius 3 is 2.30 bits per heavy atom. The van der Waals surface area contributed by atoms with Gasteiger partial charge < -0.3 is 16.2 Å². The third kappa shape index (κ3) is 4.44. The maximum atomic E-state index is 9.16. The molecular weight excluding hydrogens is 248 g/mol. The Bertz CT molecular complexity index is 270. The highest BCUT2D eigenvalue weighted by molar-refractivity contribution is 4.97. The second-order valence-electron chi connectivity index (χ2n) is 7.36. The first-order valence-corrected chi connectivity index (χ1v) is 8.51. The summed E-state index contributed by atoms with van der Waals surface area (Å²) in [6, 6.07) is 0.402. The molecule has 0 aromatic carbocycles. The van der Waals surface area contributed by atoms with Crippen LogP contribution in [0.15, 0.2) is 0 Å². The highest BCUT2D eigenvalue weighted by Gasteiger charge is 2.39. The number of aliphatic hydroxyl groups is 1. The summed E-state index contributed by atoms with van der Waals surface area (Å²) in [5.41, 5.74) is 6.66. The molecule has 3 nitrogen and oxygen atoms in total. The van der Waals surface area contributed by atoms with E-state index in [2.05, 4.69) is 33.0 Å². The fourth-order valence-corrected chi connectivity index (χ4v) is 3.62. The minimum absolute atomic E-state index is 0.107. The molecule has 1 rings (SSSR count). The van der Waals surface area contributed by atoms with Gasteiger partial charge in [-0.3, -0.25) is 0 Å². The van der Waals surface area contributed by atoms with Gasteiger partial charge in [-0.2, -0.15) is 0 Å². The van der Waals surface area contributed by atoms with Crippen LogP contribution in [0.1, 0.15) is 72.6 Å². The molecule has 20 heavy (non-hydrogen) atoms. The van der Waals surface area contributed by atoms with Crippen molar-refractivity contribution in [2.24, 2.45) is 17.1 Å². The van der Waals surface area contributed by atoms with Gasteiger partial charge in [0.15, 0.2) is 0 Å². The highest BCUT2D eigenvalue weighted by atomic mass is 16.3. The van der Waals surface area contributed by atoms with Gasteiger partial charge in [-0.1, -0.05) is 34.1 Å². The number of nitrogens with two attached hydrogens (primary N) is 1. The number of hydrogen-bond acceptors (Lipinski definition) is 3. The quantitative estimate of drug-likeness (QED) is 0.642. The Kier molecular flexibility index (Phi) is 6.96. The van der Waals surface area contributed by atoms with Gasteiger partial charge in [0.2, 0.25) is 0 Å². The van der Waals surface area contributed by atoms with E-state index in [-0.39, 0.29) is 12.1 Å². The molecule has 1 atom stereocenters. The van der Waals surface area contributed by atoms with Crippen LogP contribution in [-0.4, -0.2) is 29.8 Å². The summed E-state index contributed by atoms with van der Waals surface area (Å²) in [6.45, 7) is 10.3. The molecule has 1 aliphatic carbocycles. The molecule has 0 saturated heterocycles. The lowest BCUT2D eigenvalue weighted by molar-refractivity contribution is 0.0920. The zero-order valence-corrected chi connectivity index (χ0v) is 14.0. The Hall–Kier alpha value is -0.120. The van der Waals surface area contributed by atoms with Gasteiger partial charge in [0.05, 0.1) is 0 Å². The van der Waals surface area contributed by atoms with Gasteiger partial charge in [-0.15, -0.1) is 0 Å². The van der Waals surface area contributed by atoms with Crippen LogP contribution in [0.2, 0.25) is 0 Å². The fraction of sp³-hybridized carbons (Fsp3) is 1.00. The van der Waals surface area contributed by atoms with Crippen LogP contribution in [0, 0.1) is 11.3 Å². The zero-order chi connectivity index (χ0) is 15.2. The number of aliphatic hydroxyl groups excluding tert-OH is 1. The average Bonchev–Trinajstić information content (AvgIpc) is 2.47. The van der Waals surface area contributed by atoms with Crippen LogP contribution < -0.4 is 11.1 Å². The summed E-state index contributed by atoms with van der Waals surface area (Å²) in [5, 5.41) is 12.9. The van der Waals surface area contributed by atoms with Gasteiger partial charge in [-0.25, -0.2) is 0 Å².